The van der Waals surface area contributed by atoms with Gasteiger partial charge >= 0.3 is 0 Å². The van der Waals surface area contributed by atoms with Gasteiger partial charge in [0.15, 0.2) is 11.5 Å². The summed E-state index contributed by atoms with van der Waals surface area (Å²) in [5.41, 5.74) is 2.39. The minimum absolute atomic E-state index is 0.00852. The molecule has 1 aliphatic rings. The SMILES string of the molecule is COc1c(CNO)cc2c(c1F)OCO2. The molecule has 0 bridgehead atoms. The zero-order valence-corrected chi connectivity index (χ0v) is 8.04. The summed E-state index contributed by atoms with van der Waals surface area (Å²) in [6, 6.07) is 1.56. The molecule has 1 aromatic carbocycles. The first kappa shape index (κ1) is 10.0. The van der Waals surface area contributed by atoms with Crippen molar-refractivity contribution in [1.82, 2.24) is 5.48 Å². The number of hydroxylamine groups is 1. The molecule has 15 heavy (non-hydrogen) atoms. The Morgan fingerprint density at radius 3 is 3.07 bits per heavy atom. The molecule has 0 atom stereocenters. The minimum Gasteiger partial charge on any atom is -0.493 e. The first-order chi connectivity index (χ1) is 7.27. The third-order valence-electron chi connectivity index (χ3n) is 2.11. The molecule has 1 aliphatic heterocycles. The predicted octanol–water partition coefficient (Wildman–Crippen LogP) is 1.04. The van der Waals surface area contributed by atoms with E-state index in [1.54, 1.807) is 6.07 Å². The molecule has 0 unspecified atom stereocenters. The first-order valence-corrected chi connectivity index (χ1v) is 4.30. The average molecular weight is 215 g/mol. The van der Waals surface area contributed by atoms with E-state index >= 15 is 0 Å². The Hall–Kier alpha value is -1.53. The van der Waals surface area contributed by atoms with Crippen molar-refractivity contribution < 1.29 is 23.8 Å². The van der Waals surface area contributed by atoms with Crippen LogP contribution in [0, 0.1) is 5.82 Å². The van der Waals surface area contributed by atoms with Gasteiger partial charge in [-0.3, -0.25) is 0 Å². The average Bonchev–Trinajstić information content (AvgIpc) is 2.67. The summed E-state index contributed by atoms with van der Waals surface area (Å²) in [6.07, 6.45) is 0. The van der Waals surface area contributed by atoms with E-state index in [1.807, 2.05) is 5.48 Å². The second-order valence-electron chi connectivity index (χ2n) is 2.95. The minimum atomic E-state index is -0.613. The molecule has 0 aromatic heterocycles. The van der Waals surface area contributed by atoms with E-state index in [0.717, 1.165) is 0 Å². The molecule has 6 heteroatoms. The molecule has 0 saturated heterocycles. The maximum atomic E-state index is 13.7. The third-order valence-corrected chi connectivity index (χ3v) is 2.11. The van der Waals surface area contributed by atoms with Gasteiger partial charge < -0.3 is 19.4 Å². The van der Waals surface area contributed by atoms with Crippen LogP contribution in [0.4, 0.5) is 4.39 Å². The fraction of sp³-hybridized carbons (Fsp3) is 0.333. The van der Waals surface area contributed by atoms with Crippen molar-refractivity contribution in [2.45, 2.75) is 6.54 Å². The Kier molecular flexibility index (Phi) is 2.61. The molecule has 82 valence electrons. The van der Waals surface area contributed by atoms with E-state index in [9.17, 15) is 4.39 Å². The van der Waals surface area contributed by atoms with Crippen molar-refractivity contribution in [3.63, 3.8) is 0 Å². The van der Waals surface area contributed by atoms with Crippen molar-refractivity contribution in [1.29, 1.82) is 0 Å². The van der Waals surface area contributed by atoms with Crippen molar-refractivity contribution >= 4 is 0 Å². The van der Waals surface area contributed by atoms with Crippen LogP contribution in [0.3, 0.4) is 0 Å². The molecule has 0 aliphatic carbocycles. The number of halogens is 1. The Balaban J connectivity index is 2.51. The summed E-state index contributed by atoms with van der Waals surface area (Å²) >= 11 is 0. The molecule has 0 amide bonds. The smallest absolute Gasteiger partial charge is 0.231 e. The van der Waals surface area contributed by atoms with Gasteiger partial charge in [0.05, 0.1) is 7.11 Å². The third kappa shape index (κ3) is 1.57. The zero-order chi connectivity index (χ0) is 10.8. The lowest BCUT2D eigenvalue weighted by atomic mass is 10.1. The van der Waals surface area contributed by atoms with E-state index in [2.05, 4.69) is 0 Å². The van der Waals surface area contributed by atoms with Gasteiger partial charge in [-0.25, -0.2) is 5.48 Å². The Bertz CT molecular complexity index is 383. The molecule has 2 rings (SSSR count). The van der Waals surface area contributed by atoms with Crippen LogP contribution in [0.25, 0.3) is 0 Å². The van der Waals surface area contributed by atoms with Crippen LogP contribution in [-0.2, 0) is 6.54 Å². The van der Waals surface area contributed by atoms with Crippen LogP contribution < -0.4 is 19.7 Å². The van der Waals surface area contributed by atoms with E-state index in [-0.39, 0.29) is 24.8 Å². The van der Waals surface area contributed by atoms with Crippen molar-refractivity contribution in [3.8, 4) is 17.2 Å². The first-order valence-electron chi connectivity index (χ1n) is 4.30. The summed E-state index contributed by atoms with van der Waals surface area (Å²) < 4.78 is 28.6. The number of hydrogen-bond acceptors (Lipinski definition) is 5. The molecule has 0 spiro atoms. The Labute approximate surface area is 85.3 Å². The maximum Gasteiger partial charge on any atom is 0.231 e. The number of nitrogens with one attached hydrogen (secondary N) is 1. The lowest BCUT2D eigenvalue weighted by Gasteiger charge is -2.10. The largest absolute Gasteiger partial charge is 0.493 e. The van der Waals surface area contributed by atoms with Crippen molar-refractivity contribution in [3.05, 3.63) is 17.4 Å². The highest BCUT2D eigenvalue weighted by Crippen LogP contribution is 2.41. The lowest BCUT2D eigenvalue weighted by molar-refractivity contribution is 0.159. The quantitative estimate of drug-likeness (QED) is 0.738. The summed E-state index contributed by atoms with van der Waals surface area (Å²) in [7, 11) is 1.35. The fourth-order valence-electron chi connectivity index (χ4n) is 1.47. The van der Waals surface area contributed by atoms with Crippen molar-refractivity contribution in [2.75, 3.05) is 13.9 Å². The summed E-state index contributed by atoms with van der Waals surface area (Å²) in [6.45, 7) is 0.0577. The number of fused-ring (bicyclic) bond motifs is 1. The van der Waals surface area contributed by atoms with Gasteiger partial charge in [-0.15, -0.1) is 0 Å². The number of rotatable bonds is 3. The van der Waals surface area contributed by atoms with Crippen LogP contribution in [0.15, 0.2) is 6.07 Å². The topological polar surface area (TPSA) is 60.0 Å². The lowest BCUT2D eigenvalue weighted by Crippen LogP contribution is -2.08. The molecule has 1 aromatic rings. The van der Waals surface area contributed by atoms with Crippen LogP contribution >= 0.6 is 0 Å². The second kappa shape index (κ2) is 3.92. The molecule has 0 radical (unpaired) electrons. The second-order valence-corrected chi connectivity index (χ2v) is 2.95. The standard InChI is InChI=1S/C9H10FNO4/c1-13-8-5(3-11-12)2-6-9(7(8)10)15-4-14-6/h2,11-12H,3-4H2,1H3. The molecular weight excluding hydrogens is 205 g/mol. The molecule has 5 nitrogen and oxygen atoms in total. The fourth-order valence-corrected chi connectivity index (χ4v) is 1.47. The number of benzene rings is 1. The number of methoxy groups -OCH3 is 1. The highest BCUT2D eigenvalue weighted by Gasteiger charge is 2.25. The van der Waals surface area contributed by atoms with Gasteiger partial charge in [0, 0.05) is 12.1 Å². The number of ether oxygens (including phenoxy) is 3. The molecular formula is C9H10FNO4. The van der Waals surface area contributed by atoms with Crippen LogP contribution in [0.1, 0.15) is 5.56 Å². The highest BCUT2D eigenvalue weighted by atomic mass is 19.1. The normalized spacial score (nSPS) is 13.0. The zero-order valence-electron chi connectivity index (χ0n) is 8.04. The molecule has 1 heterocycles. The summed E-state index contributed by atoms with van der Waals surface area (Å²) in [5, 5.41) is 8.58. The van der Waals surface area contributed by atoms with Crippen LogP contribution in [-0.4, -0.2) is 19.1 Å². The van der Waals surface area contributed by atoms with E-state index in [4.69, 9.17) is 19.4 Å². The van der Waals surface area contributed by atoms with Crippen LogP contribution in [0.5, 0.6) is 17.2 Å². The summed E-state index contributed by atoms with van der Waals surface area (Å²) in [5.74, 6) is -0.203. The van der Waals surface area contributed by atoms with Gasteiger partial charge in [-0.05, 0) is 6.07 Å². The Morgan fingerprint density at radius 1 is 1.60 bits per heavy atom. The number of hydrogen-bond donors (Lipinski definition) is 2. The van der Waals surface area contributed by atoms with E-state index < -0.39 is 5.82 Å². The molecule has 2 N–H and O–H groups in total. The van der Waals surface area contributed by atoms with Crippen LogP contribution in [0.2, 0.25) is 0 Å². The maximum absolute atomic E-state index is 13.7. The predicted molar refractivity (Wildman–Crippen MR) is 47.7 cm³/mol. The van der Waals surface area contributed by atoms with Gasteiger partial charge in [-0.1, -0.05) is 0 Å². The Morgan fingerprint density at radius 2 is 2.40 bits per heavy atom. The van der Waals surface area contributed by atoms with E-state index in [0.29, 0.717) is 11.3 Å². The van der Waals surface area contributed by atoms with Gasteiger partial charge in [0.25, 0.3) is 0 Å². The van der Waals surface area contributed by atoms with Gasteiger partial charge in [0.2, 0.25) is 18.4 Å². The molecule has 0 fully saturated rings. The monoisotopic (exact) mass is 215 g/mol. The summed E-state index contributed by atoms with van der Waals surface area (Å²) in [4.78, 5) is 0. The van der Waals surface area contributed by atoms with E-state index in [1.165, 1.54) is 7.11 Å². The van der Waals surface area contributed by atoms with Gasteiger partial charge in [0.1, 0.15) is 0 Å². The molecule has 0 saturated carbocycles. The van der Waals surface area contributed by atoms with Crippen molar-refractivity contribution in [2.24, 2.45) is 0 Å². The highest BCUT2D eigenvalue weighted by molar-refractivity contribution is 5.53. The van der Waals surface area contributed by atoms with Gasteiger partial charge in [-0.2, -0.15) is 4.39 Å².